The van der Waals surface area contributed by atoms with E-state index in [2.05, 4.69) is 41.5 Å². The first-order valence-corrected chi connectivity index (χ1v) is 11.7. The van der Waals surface area contributed by atoms with E-state index >= 15 is 0 Å². The van der Waals surface area contributed by atoms with Crippen molar-refractivity contribution in [3.8, 4) is 5.75 Å². The number of hydrogen-bond donors (Lipinski definition) is 0. The van der Waals surface area contributed by atoms with Crippen LogP contribution in [-0.4, -0.2) is 31.0 Å². The van der Waals surface area contributed by atoms with Crippen LogP contribution in [0, 0.1) is 11.3 Å². The molecule has 0 N–H and O–H groups in total. The third-order valence-corrected chi connectivity index (χ3v) is 5.93. The molecule has 0 bridgehead atoms. The summed E-state index contributed by atoms with van der Waals surface area (Å²) in [5.74, 6) is 0.720. The van der Waals surface area contributed by atoms with Crippen molar-refractivity contribution in [1.82, 2.24) is 4.90 Å². The molecule has 0 saturated carbocycles. The molecule has 0 heterocycles. The van der Waals surface area contributed by atoms with Gasteiger partial charge in [-0.15, -0.1) is 0 Å². The van der Waals surface area contributed by atoms with E-state index in [1.165, 1.54) is 0 Å². The molecule has 0 fully saturated rings. The maximum atomic E-state index is 13.0. The van der Waals surface area contributed by atoms with Gasteiger partial charge in [-0.3, -0.25) is 4.79 Å². The molecule has 2 atom stereocenters. The Balaban J connectivity index is 2.85. The second-order valence-electron chi connectivity index (χ2n) is 8.93. The number of rotatable bonds is 10. The van der Waals surface area contributed by atoms with Crippen molar-refractivity contribution in [2.75, 3.05) is 5.75 Å². The maximum absolute atomic E-state index is 13.0. The fourth-order valence-corrected chi connectivity index (χ4v) is 3.82. The number of hydrogen-bond acceptors (Lipinski definition) is 4. The van der Waals surface area contributed by atoms with Gasteiger partial charge in [0.05, 0.1) is 5.75 Å². The molecule has 1 aromatic rings. The molecule has 160 valence electrons. The Bertz CT molecular complexity index is 720. The van der Waals surface area contributed by atoms with Crippen molar-refractivity contribution in [3.63, 3.8) is 0 Å². The van der Waals surface area contributed by atoms with Gasteiger partial charge >= 0.3 is 10.1 Å². The lowest BCUT2D eigenvalue weighted by Crippen LogP contribution is -2.38. The molecule has 28 heavy (non-hydrogen) atoms. The molecule has 0 aliphatic heterocycles. The smallest absolute Gasteiger partial charge is 0.308 e. The van der Waals surface area contributed by atoms with Crippen LogP contribution in [0.5, 0.6) is 5.75 Å². The van der Waals surface area contributed by atoms with Gasteiger partial charge in [0.1, 0.15) is 5.75 Å². The molecule has 1 aromatic carbocycles. The number of amides is 1. The van der Waals surface area contributed by atoms with E-state index in [0.717, 1.165) is 18.4 Å². The van der Waals surface area contributed by atoms with Gasteiger partial charge in [-0.1, -0.05) is 46.8 Å². The summed E-state index contributed by atoms with van der Waals surface area (Å²) in [6.45, 7) is 14.9. The lowest BCUT2D eigenvalue weighted by atomic mass is 9.84. The van der Waals surface area contributed by atoms with E-state index < -0.39 is 10.1 Å². The Kier molecular flexibility index (Phi) is 8.99. The van der Waals surface area contributed by atoms with Crippen LogP contribution >= 0.6 is 0 Å². The number of nitrogens with zero attached hydrogens (tertiary/aromatic N) is 1. The van der Waals surface area contributed by atoms with Crippen LogP contribution in [0.2, 0.25) is 0 Å². The van der Waals surface area contributed by atoms with E-state index in [1.807, 2.05) is 17.0 Å². The summed E-state index contributed by atoms with van der Waals surface area (Å²) >= 11 is 0. The predicted molar refractivity (Wildman–Crippen MR) is 115 cm³/mol. The molecular formula is C22H37NO4S. The zero-order valence-corrected chi connectivity index (χ0v) is 19.3. The highest BCUT2D eigenvalue weighted by Crippen LogP contribution is 2.27. The van der Waals surface area contributed by atoms with Crippen LogP contribution in [0.3, 0.4) is 0 Å². The highest BCUT2D eigenvalue weighted by atomic mass is 32.2. The normalized spacial score (nSPS) is 14.4. The second-order valence-corrected chi connectivity index (χ2v) is 10.8. The molecule has 0 spiro atoms. The fraction of sp³-hybridized carbons (Fsp3) is 0.682. The van der Waals surface area contributed by atoms with Crippen molar-refractivity contribution < 1.29 is 17.4 Å². The van der Waals surface area contributed by atoms with Crippen molar-refractivity contribution in [1.29, 1.82) is 0 Å². The van der Waals surface area contributed by atoms with Crippen molar-refractivity contribution in [3.05, 3.63) is 29.8 Å². The molecule has 0 aromatic heterocycles. The Morgan fingerprint density at radius 1 is 1.11 bits per heavy atom. The van der Waals surface area contributed by atoms with E-state index in [0.29, 0.717) is 24.6 Å². The summed E-state index contributed by atoms with van der Waals surface area (Å²) in [6.07, 6.45) is 2.43. The lowest BCUT2D eigenvalue weighted by molar-refractivity contribution is -0.135. The molecule has 5 nitrogen and oxygen atoms in total. The summed E-state index contributed by atoms with van der Waals surface area (Å²) in [7, 11) is -3.53. The topological polar surface area (TPSA) is 63.7 Å². The fourth-order valence-electron chi connectivity index (χ4n) is 3.30. The minimum atomic E-state index is -3.53. The van der Waals surface area contributed by atoms with E-state index in [9.17, 15) is 13.2 Å². The lowest BCUT2D eigenvalue weighted by Gasteiger charge is -2.31. The van der Waals surface area contributed by atoms with Gasteiger partial charge in [0.25, 0.3) is 0 Å². The van der Waals surface area contributed by atoms with Gasteiger partial charge in [0, 0.05) is 19.0 Å². The highest BCUT2D eigenvalue weighted by Gasteiger charge is 2.23. The van der Waals surface area contributed by atoms with Crippen molar-refractivity contribution in [2.45, 2.75) is 80.3 Å². The first-order valence-electron chi connectivity index (χ1n) is 10.2. The second kappa shape index (κ2) is 10.3. The quantitative estimate of drug-likeness (QED) is 0.508. The maximum Gasteiger partial charge on any atom is 0.308 e. The van der Waals surface area contributed by atoms with Gasteiger partial charge in [-0.2, -0.15) is 8.42 Å². The van der Waals surface area contributed by atoms with Gasteiger partial charge in [0.15, 0.2) is 0 Å². The highest BCUT2D eigenvalue weighted by molar-refractivity contribution is 7.87. The molecule has 0 radical (unpaired) electrons. The third kappa shape index (κ3) is 8.63. The molecule has 1 amide bonds. The first kappa shape index (κ1) is 24.5. The minimum Gasteiger partial charge on any atom is -0.382 e. The van der Waals surface area contributed by atoms with Crippen molar-refractivity contribution >= 4 is 16.0 Å². The molecule has 0 saturated heterocycles. The van der Waals surface area contributed by atoms with Gasteiger partial charge < -0.3 is 9.08 Å². The zero-order valence-electron chi connectivity index (χ0n) is 18.5. The number of carbonyl (C=O) groups excluding carboxylic acids is 1. The summed E-state index contributed by atoms with van der Waals surface area (Å²) in [4.78, 5) is 14.9. The summed E-state index contributed by atoms with van der Waals surface area (Å²) < 4.78 is 28.2. The van der Waals surface area contributed by atoms with E-state index in [4.69, 9.17) is 4.18 Å². The van der Waals surface area contributed by atoms with E-state index in [1.54, 1.807) is 19.1 Å². The monoisotopic (exact) mass is 411 g/mol. The average molecular weight is 412 g/mol. The van der Waals surface area contributed by atoms with Crippen LogP contribution in [-0.2, 0) is 21.5 Å². The largest absolute Gasteiger partial charge is 0.382 e. The van der Waals surface area contributed by atoms with Crippen molar-refractivity contribution in [2.24, 2.45) is 11.3 Å². The van der Waals surface area contributed by atoms with Crippen LogP contribution in [0.1, 0.15) is 73.3 Å². The molecule has 2 unspecified atom stereocenters. The zero-order chi connectivity index (χ0) is 21.5. The minimum absolute atomic E-state index is 0.0716. The van der Waals surface area contributed by atoms with Gasteiger partial charge in [0.2, 0.25) is 5.91 Å². The van der Waals surface area contributed by atoms with Gasteiger partial charge in [-0.25, -0.2) is 0 Å². The first-order chi connectivity index (χ1) is 12.9. The number of carbonyl (C=O) groups is 1. The van der Waals surface area contributed by atoms with Crippen LogP contribution in [0.25, 0.3) is 0 Å². The van der Waals surface area contributed by atoms with E-state index in [-0.39, 0.29) is 23.1 Å². The van der Waals surface area contributed by atoms with Crippen LogP contribution in [0.15, 0.2) is 24.3 Å². The molecule has 0 aliphatic rings. The molecule has 1 rings (SSSR count). The SMILES string of the molecule is CCC(C)N(Cc1ccc(OS(=O)(=O)CC)cc1)C(=O)CC(C)CC(C)(C)C. The Morgan fingerprint density at radius 2 is 1.68 bits per heavy atom. The Labute approximate surface area is 171 Å². The number of benzene rings is 1. The summed E-state index contributed by atoms with van der Waals surface area (Å²) in [6, 6.07) is 7.07. The Morgan fingerprint density at radius 3 is 2.14 bits per heavy atom. The molecule has 0 aliphatic carbocycles. The predicted octanol–water partition coefficient (Wildman–Crippen LogP) is 5.00. The molecule has 6 heteroatoms. The van der Waals surface area contributed by atoms with Crippen LogP contribution < -0.4 is 4.18 Å². The third-order valence-electron chi connectivity index (χ3n) is 4.78. The summed E-state index contributed by atoms with van der Waals surface area (Å²) in [5, 5.41) is 0. The standard InChI is InChI=1S/C22H37NO4S/c1-8-18(4)23(21(24)14-17(3)15-22(5,6)7)16-19-10-12-20(13-11-19)27-28(25,26)9-2/h10-13,17-18H,8-9,14-16H2,1-7H3. The molecular weight excluding hydrogens is 374 g/mol. The van der Waals surface area contributed by atoms with Gasteiger partial charge in [-0.05, 0) is 55.7 Å². The summed E-state index contributed by atoms with van der Waals surface area (Å²) in [5.41, 5.74) is 1.16. The Hall–Kier alpha value is -1.56. The van der Waals surface area contributed by atoms with Crippen LogP contribution in [0.4, 0.5) is 0 Å². The average Bonchev–Trinajstić information content (AvgIpc) is 2.58.